The van der Waals surface area contributed by atoms with Crippen LogP contribution in [0.5, 0.6) is 0 Å². The van der Waals surface area contributed by atoms with E-state index in [1.165, 1.54) is 86.5 Å². The predicted molar refractivity (Wildman–Crippen MR) is 407 cm³/mol. The first-order chi connectivity index (χ1) is 48.4. The molecule has 0 unspecified atom stereocenters. The molecule has 15 aromatic carbocycles. The van der Waals surface area contributed by atoms with Crippen molar-refractivity contribution in [2.45, 2.75) is 0 Å². The molecule has 0 aliphatic carbocycles. The van der Waals surface area contributed by atoms with Crippen molar-refractivity contribution < 1.29 is 0 Å². The van der Waals surface area contributed by atoms with Crippen molar-refractivity contribution >= 4 is 120 Å². The number of para-hydroxylation sites is 2. The molecule has 5 aromatic heterocycles. The van der Waals surface area contributed by atoms with E-state index in [0.29, 0.717) is 11.4 Å². The van der Waals surface area contributed by atoms with Crippen LogP contribution in [0.3, 0.4) is 0 Å². The van der Waals surface area contributed by atoms with Gasteiger partial charge in [-0.25, -0.2) is 19.7 Å². The summed E-state index contributed by atoms with van der Waals surface area (Å²) in [6.07, 6.45) is 3.61. The van der Waals surface area contributed by atoms with Crippen molar-refractivity contribution in [1.29, 1.82) is 0 Å². The molecular formula is C91H53N7. The third-order valence-electron chi connectivity index (χ3n) is 19.7. The quantitative estimate of drug-likeness (QED) is 0.113. The zero-order valence-corrected chi connectivity index (χ0v) is 52.7. The number of fused-ring (bicyclic) bond motifs is 6. The Hall–Kier alpha value is -13.6. The van der Waals surface area contributed by atoms with Gasteiger partial charge < -0.3 is 9.13 Å². The third-order valence-corrected chi connectivity index (χ3v) is 19.7. The average Bonchev–Trinajstić information content (AvgIpc) is 1.11. The molecule has 0 saturated carbocycles. The first-order valence-corrected chi connectivity index (χ1v) is 32.8. The highest BCUT2D eigenvalue weighted by molar-refractivity contribution is 6.26. The number of hydrogen-bond acceptors (Lipinski definition) is 3. The number of pyridine rings is 3. The van der Waals surface area contributed by atoms with Crippen molar-refractivity contribution in [1.82, 2.24) is 24.1 Å². The number of rotatable bonds is 8. The molecule has 7 nitrogen and oxygen atoms in total. The van der Waals surface area contributed by atoms with Crippen molar-refractivity contribution in [3.63, 3.8) is 0 Å². The Balaban J connectivity index is 0.000000137. The van der Waals surface area contributed by atoms with Gasteiger partial charge in [-0.2, -0.15) is 0 Å². The third kappa shape index (κ3) is 9.29. The highest BCUT2D eigenvalue weighted by Gasteiger charge is 2.20. The van der Waals surface area contributed by atoms with Crippen LogP contribution in [0.15, 0.2) is 322 Å². The molecule has 0 spiro atoms. The first-order valence-electron chi connectivity index (χ1n) is 32.8. The van der Waals surface area contributed by atoms with Gasteiger partial charge in [0, 0.05) is 78.6 Å². The molecule has 20 rings (SSSR count). The van der Waals surface area contributed by atoms with E-state index in [9.17, 15) is 0 Å². The molecule has 0 amide bonds. The minimum absolute atomic E-state index is 0.640. The van der Waals surface area contributed by atoms with E-state index in [-0.39, 0.29) is 0 Å². The monoisotopic (exact) mass is 1240 g/mol. The van der Waals surface area contributed by atoms with Crippen LogP contribution in [0.1, 0.15) is 0 Å². The van der Waals surface area contributed by atoms with E-state index in [1.807, 2.05) is 60.7 Å². The lowest BCUT2D eigenvalue weighted by molar-refractivity contribution is 1.18. The number of nitrogens with zero attached hydrogens (tertiary/aromatic N) is 7. The van der Waals surface area contributed by atoms with Gasteiger partial charge in [-0.3, -0.25) is 4.98 Å². The molecule has 0 N–H and O–H groups in total. The Morgan fingerprint density at radius 3 is 0.898 bits per heavy atom. The lowest BCUT2D eigenvalue weighted by Crippen LogP contribution is -1.93. The van der Waals surface area contributed by atoms with Crippen LogP contribution in [0.4, 0.5) is 11.4 Å². The summed E-state index contributed by atoms with van der Waals surface area (Å²) in [5, 5.41) is 19.6. The highest BCUT2D eigenvalue weighted by Crippen LogP contribution is 2.45. The van der Waals surface area contributed by atoms with Crippen LogP contribution in [-0.2, 0) is 0 Å². The molecule has 7 heteroatoms. The van der Waals surface area contributed by atoms with Crippen LogP contribution in [-0.4, -0.2) is 24.1 Å². The lowest BCUT2D eigenvalue weighted by Gasteiger charge is -2.15. The van der Waals surface area contributed by atoms with Gasteiger partial charge >= 0.3 is 0 Å². The van der Waals surface area contributed by atoms with Gasteiger partial charge in [0.2, 0.25) is 0 Å². The maximum Gasteiger partial charge on any atom is 0.189 e. The Kier molecular flexibility index (Phi) is 12.9. The molecule has 0 aliphatic heterocycles. The van der Waals surface area contributed by atoms with E-state index in [0.717, 1.165) is 100 Å². The maximum absolute atomic E-state index is 7.63. The maximum atomic E-state index is 7.63. The Labute approximate surface area is 563 Å². The van der Waals surface area contributed by atoms with Crippen LogP contribution in [0, 0.1) is 13.1 Å². The minimum atomic E-state index is 0.640. The standard InChI is InChI=1S/C46H27N3.C45H26N4/c1-47-37-20-22-40-39-21-19-30(27-43(39)49(44(40)28-37)38-11-6-3-7-12-38)35-23-31-15-17-33-25-36(26-34-18-16-32(24-35)45(31)46(33)34)42-14-8-13-41(48-42)29-9-4-2-5-10-29;1-46-36-15-17-39-38-16-14-29(26-42(38)49(43(39)27-36)37-6-3-2-4-7-37)34-22-30-10-12-32-24-35(25-33-13-11-31(23-34)44(30)45(32)33)41-9-5-8-40(48-41)28-18-20-47-21-19-28/h2-28H;2-27H. The van der Waals surface area contributed by atoms with Crippen LogP contribution in [0.2, 0.25) is 0 Å². The fourth-order valence-electron chi connectivity index (χ4n) is 15.2. The summed E-state index contributed by atoms with van der Waals surface area (Å²) in [6.45, 7) is 15.3. The molecule has 0 bridgehead atoms. The Morgan fingerprint density at radius 2 is 0.541 bits per heavy atom. The molecule has 20 aromatic rings. The Morgan fingerprint density at radius 1 is 0.235 bits per heavy atom. The molecule has 0 atom stereocenters. The smallest absolute Gasteiger partial charge is 0.189 e. The normalized spacial score (nSPS) is 11.7. The summed E-state index contributed by atoms with van der Waals surface area (Å²) in [4.78, 5) is 21.7. The Bertz CT molecular complexity index is 6140. The zero-order chi connectivity index (χ0) is 65.0. The molecule has 0 aliphatic rings. The van der Waals surface area contributed by atoms with Gasteiger partial charge in [0.25, 0.3) is 0 Å². The number of benzene rings is 15. The van der Waals surface area contributed by atoms with Gasteiger partial charge in [-0.15, -0.1) is 0 Å². The van der Waals surface area contributed by atoms with Crippen LogP contribution >= 0.6 is 0 Å². The van der Waals surface area contributed by atoms with Crippen molar-refractivity contribution in [3.8, 4) is 78.7 Å². The van der Waals surface area contributed by atoms with Crippen LogP contribution in [0.25, 0.3) is 197 Å². The second-order valence-corrected chi connectivity index (χ2v) is 25.3. The number of hydrogen-bond donors (Lipinski definition) is 0. The topological polar surface area (TPSA) is 57.2 Å². The first kappa shape index (κ1) is 56.0. The summed E-state index contributed by atoms with van der Waals surface area (Å²) < 4.78 is 4.57. The lowest BCUT2D eigenvalue weighted by atomic mass is 9.90. The largest absolute Gasteiger partial charge is 0.310 e. The molecule has 0 saturated heterocycles. The minimum Gasteiger partial charge on any atom is -0.310 e. The molecule has 98 heavy (non-hydrogen) atoms. The van der Waals surface area contributed by atoms with Gasteiger partial charge in [0.15, 0.2) is 11.4 Å². The van der Waals surface area contributed by atoms with Gasteiger partial charge in [0.05, 0.1) is 47.0 Å². The second-order valence-electron chi connectivity index (χ2n) is 25.3. The summed E-state index contributed by atoms with van der Waals surface area (Å²) in [7, 11) is 0. The van der Waals surface area contributed by atoms with Crippen molar-refractivity contribution in [3.05, 3.63) is 345 Å². The van der Waals surface area contributed by atoms with E-state index >= 15 is 0 Å². The fraction of sp³-hybridized carbons (Fsp3) is 0. The van der Waals surface area contributed by atoms with Gasteiger partial charge in [-0.1, -0.05) is 176 Å². The van der Waals surface area contributed by atoms with Crippen molar-refractivity contribution in [2.24, 2.45) is 0 Å². The molecule has 5 heterocycles. The van der Waals surface area contributed by atoms with Gasteiger partial charge in [0.1, 0.15) is 0 Å². The summed E-state index contributed by atoms with van der Waals surface area (Å²) in [5.74, 6) is 0. The summed E-state index contributed by atoms with van der Waals surface area (Å²) in [6, 6.07) is 110. The number of aromatic nitrogens is 5. The van der Waals surface area contributed by atoms with Crippen LogP contribution < -0.4 is 0 Å². The summed E-state index contributed by atoms with van der Waals surface area (Å²) >= 11 is 0. The molecule has 0 radical (unpaired) electrons. The SMILES string of the molecule is [C-]#[N+]c1ccc2c3ccc(-c4cc5ccc6cc(-c7cccc(-c8ccccc8)n7)cc7ccc(c4)c5c67)cc3n(-c3ccccc3)c2c1.[C-]#[N+]c1ccc2c3ccc(-c4cc5ccc6cc(-c7cccc(-c8ccncc8)n7)cc7ccc(c4)c5c67)cc3n(-c3ccccc3)c2c1. The van der Waals surface area contributed by atoms with E-state index in [4.69, 9.17) is 23.1 Å². The molecule has 0 fully saturated rings. The second kappa shape index (κ2) is 22.6. The summed E-state index contributed by atoms with van der Waals surface area (Å²) in [5.41, 5.74) is 20.7. The van der Waals surface area contributed by atoms with E-state index < -0.39 is 0 Å². The average molecular weight is 1240 g/mol. The fourth-order valence-corrected chi connectivity index (χ4v) is 15.2. The molecule has 452 valence electrons. The predicted octanol–water partition coefficient (Wildman–Crippen LogP) is 24.7. The zero-order valence-electron chi connectivity index (χ0n) is 52.7. The van der Waals surface area contributed by atoms with E-state index in [1.54, 1.807) is 12.4 Å². The molecular weight excluding hydrogens is 1190 g/mol. The highest BCUT2D eigenvalue weighted by atomic mass is 15.0. The van der Waals surface area contributed by atoms with Crippen molar-refractivity contribution in [2.75, 3.05) is 0 Å². The van der Waals surface area contributed by atoms with E-state index in [2.05, 4.69) is 273 Å². The van der Waals surface area contributed by atoms with Gasteiger partial charge in [-0.05, 0) is 220 Å².